The van der Waals surface area contributed by atoms with E-state index in [9.17, 15) is 0 Å². The number of halogens is 1. The summed E-state index contributed by atoms with van der Waals surface area (Å²) in [5, 5.41) is 3.89. The van der Waals surface area contributed by atoms with Crippen molar-refractivity contribution in [2.24, 2.45) is 10.7 Å². The minimum Gasteiger partial charge on any atom is -0.378 e. The van der Waals surface area contributed by atoms with Gasteiger partial charge in [-0.1, -0.05) is 5.16 Å². The molecule has 2 heterocycles. The summed E-state index contributed by atoms with van der Waals surface area (Å²) in [6.07, 6.45) is 0. The second-order valence-electron chi connectivity index (χ2n) is 4.08. The van der Waals surface area contributed by atoms with Crippen LogP contribution in [-0.4, -0.2) is 42.3 Å². The summed E-state index contributed by atoms with van der Waals surface area (Å²) in [6, 6.07) is 0. The van der Waals surface area contributed by atoms with Gasteiger partial charge in [0.2, 0.25) is 0 Å². The molecule has 0 radical (unpaired) electrons. The van der Waals surface area contributed by atoms with E-state index in [1.807, 2.05) is 18.7 Å². The van der Waals surface area contributed by atoms with Crippen molar-refractivity contribution in [3.05, 3.63) is 17.0 Å². The zero-order chi connectivity index (χ0) is 12.3. The molecule has 1 aromatic rings. The first-order chi connectivity index (χ1) is 8.18. The SMILES string of the molecule is Cc1noc(C)c1CN=C(N)N1CCOCC1.I. The monoisotopic (exact) mass is 366 g/mol. The Hall–Kier alpha value is -0.830. The van der Waals surface area contributed by atoms with Gasteiger partial charge in [0.05, 0.1) is 25.5 Å². The van der Waals surface area contributed by atoms with Crippen molar-refractivity contribution in [2.75, 3.05) is 26.3 Å². The smallest absolute Gasteiger partial charge is 0.191 e. The number of nitrogens with two attached hydrogens (primary N) is 1. The Morgan fingerprint density at radius 3 is 2.61 bits per heavy atom. The average Bonchev–Trinajstić information content (AvgIpc) is 2.67. The van der Waals surface area contributed by atoms with Crippen molar-refractivity contribution >= 4 is 29.9 Å². The lowest BCUT2D eigenvalue weighted by Crippen LogP contribution is -2.44. The molecule has 6 nitrogen and oxygen atoms in total. The van der Waals surface area contributed by atoms with Crippen LogP contribution in [0.5, 0.6) is 0 Å². The minimum absolute atomic E-state index is 0. The molecule has 1 saturated heterocycles. The fourth-order valence-electron chi connectivity index (χ4n) is 1.78. The van der Waals surface area contributed by atoms with E-state index in [4.69, 9.17) is 15.0 Å². The summed E-state index contributed by atoms with van der Waals surface area (Å²) in [5.74, 6) is 1.37. The quantitative estimate of drug-likeness (QED) is 0.481. The molecule has 0 spiro atoms. The number of ether oxygens (including phenoxy) is 1. The van der Waals surface area contributed by atoms with Crippen molar-refractivity contribution in [1.29, 1.82) is 0 Å². The second kappa shape index (κ2) is 6.93. The molecule has 0 aliphatic carbocycles. The van der Waals surface area contributed by atoms with Gasteiger partial charge in [-0.05, 0) is 13.8 Å². The van der Waals surface area contributed by atoms with Gasteiger partial charge in [0, 0.05) is 18.7 Å². The molecule has 102 valence electrons. The third kappa shape index (κ3) is 3.58. The topological polar surface area (TPSA) is 76.9 Å². The summed E-state index contributed by atoms with van der Waals surface area (Å²) in [7, 11) is 0. The van der Waals surface area contributed by atoms with Crippen LogP contribution >= 0.6 is 24.0 Å². The van der Waals surface area contributed by atoms with Gasteiger partial charge in [0.25, 0.3) is 0 Å². The van der Waals surface area contributed by atoms with Crippen LogP contribution in [0.3, 0.4) is 0 Å². The molecular formula is C11H19IN4O2. The highest BCUT2D eigenvalue weighted by Crippen LogP contribution is 2.13. The van der Waals surface area contributed by atoms with Crippen LogP contribution in [0.1, 0.15) is 17.0 Å². The Labute approximate surface area is 124 Å². The van der Waals surface area contributed by atoms with Crippen molar-refractivity contribution in [1.82, 2.24) is 10.1 Å². The largest absolute Gasteiger partial charge is 0.378 e. The highest BCUT2D eigenvalue weighted by molar-refractivity contribution is 14.0. The number of aliphatic imine (C=N–C) groups is 1. The lowest BCUT2D eigenvalue weighted by Gasteiger charge is -2.27. The van der Waals surface area contributed by atoms with Crippen molar-refractivity contribution in [3.8, 4) is 0 Å². The van der Waals surface area contributed by atoms with Gasteiger partial charge < -0.3 is 19.9 Å². The van der Waals surface area contributed by atoms with Gasteiger partial charge in [-0.15, -0.1) is 24.0 Å². The molecule has 0 saturated carbocycles. The van der Waals surface area contributed by atoms with Crippen molar-refractivity contribution in [2.45, 2.75) is 20.4 Å². The van der Waals surface area contributed by atoms with Crippen LogP contribution in [0.25, 0.3) is 0 Å². The normalized spacial score (nSPS) is 16.6. The van der Waals surface area contributed by atoms with E-state index in [1.54, 1.807) is 0 Å². The third-order valence-electron chi connectivity index (χ3n) is 2.92. The fraction of sp³-hybridized carbons (Fsp3) is 0.636. The summed E-state index contributed by atoms with van der Waals surface area (Å²) < 4.78 is 10.3. The maximum Gasteiger partial charge on any atom is 0.191 e. The maximum atomic E-state index is 5.93. The third-order valence-corrected chi connectivity index (χ3v) is 2.92. The van der Waals surface area contributed by atoms with Gasteiger partial charge >= 0.3 is 0 Å². The molecule has 0 bridgehead atoms. The predicted molar refractivity (Wildman–Crippen MR) is 79.1 cm³/mol. The van der Waals surface area contributed by atoms with Gasteiger partial charge in [-0.3, -0.25) is 0 Å². The average molecular weight is 366 g/mol. The minimum atomic E-state index is 0. The van der Waals surface area contributed by atoms with E-state index in [1.165, 1.54) is 0 Å². The molecule has 1 fully saturated rings. The van der Waals surface area contributed by atoms with E-state index in [0.29, 0.717) is 25.7 Å². The molecule has 7 heteroatoms. The molecule has 1 aliphatic rings. The summed E-state index contributed by atoms with van der Waals surface area (Å²) >= 11 is 0. The second-order valence-corrected chi connectivity index (χ2v) is 4.08. The molecule has 1 aromatic heterocycles. The Morgan fingerprint density at radius 1 is 1.39 bits per heavy atom. The number of morpholine rings is 1. The number of aryl methyl sites for hydroxylation is 2. The number of hydrogen-bond acceptors (Lipinski definition) is 4. The van der Waals surface area contributed by atoms with Gasteiger partial charge in [0.15, 0.2) is 5.96 Å². The zero-order valence-electron chi connectivity index (χ0n) is 10.7. The van der Waals surface area contributed by atoms with Crippen LogP contribution in [0.2, 0.25) is 0 Å². The molecule has 1 aliphatic heterocycles. The lowest BCUT2D eigenvalue weighted by atomic mass is 10.2. The van der Waals surface area contributed by atoms with Crippen LogP contribution in [-0.2, 0) is 11.3 Å². The Morgan fingerprint density at radius 2 is 2.06 bits per heavy atom. The lowest BCUT2D eigenvalue weighted by molar-refractivity contribution is 0.0674. The Kier molecular flexibility index (Phi) is 5.86. The van der Waals surface area contributed by atoms with Crippen molar-refractivity contribution < 1.29 is 9.26 Å². The van der Waals surface area contributed by atoms with Crippen LogP contribution in [0, 0.1) is 13.8 Å². The molecule has 0 amide bonds. The molecule has 18 heavy (non-hydrogen) atoms. The maximum absolute atomic E-state index is 5.93. The van der Waals surface area contributed by atoms with Gasteiger partial charge in [0.1, 0.15) is 5.76 Å². The zero-order valence-corrected chi connectivity index (χ0v) is 13.0. The standard InChI is InChI=1S/C11H18N4O2.HI/c1-8-10(9(2)17-14-8)7-13-11(12)15-3-5-16-6-4-15;/h3-7H2,1-2H3,(H2,12,13);1H. The Balaban J connectivity index is 0.00000162. The van der Waals surface area contributed by atoms with E-state index < -0.39 is 0 Å². The van der Waals surface area contributed by atoms with Crippen molar-refractivity contribution in [3.63, 3.8) is 0 Å². The first-order valence-electron chi connectivity index (χ1n) is 5.73. The van der Waals surface area contributed by atoms with Crippen LogP contribution in [0.4, 0.5) is 0 Å². The van der Waals surface area contributed by atoms with Crippen LogP contribution < -0.4 is 5.73 Å². The van der Waals surface area contributed by atoms with Gasteiger partial charge in [-0.2, -0.15) is 0 Å². The molecule has 2 rings (SSSR count). The molecule has 0 aromatic carbocycles. The summed E-state index contributed by atoms with van der Waals surface area (Å²) in [5.41, 5.74) is 7.83. The number of aromatic nitrogens is 1. The van der Waals surface area contributed by atoms with E-state index in [0.717, 1.165) is 30.1 Å². The fourth-order valence-corrected chi connectivity index (χ4v) is 1.78. The number of hydrogen-bond donors (Lipinski definition) is 1. The van der Waals surface area contributed by atoms with E-state index in [-0.39, 0.29) is 24.0 Å². The molecule has 0 atom stereocenters. The molecular weight excluding hydrogens is 347 g/mol. The highest BCUT2D eigenvalue weighted by Gasteiger charge is 2.13. The van der Waals surface area contributed by atoms with E-state index in [2.05, 4.69) is 10.1 Å². The summed E-state index contributed by atoms with van der Waals surface area (Å²) in [6.45, 7) is 7.34. The highest BCUT2D eigenvalue weighted by atomic mass is 127. The predicted octanol–water partition coefficient (Wildman–Crippen LogP) is 1.06. The van der Waals surface area contributed by atoms with Gasteiger partial charge in [-0.25, -0.2) is 4.99 Å². The molecule has 2 N–H and O–H groups in total. The molecule has 0 unspecified atom stereocenters. The first kappa shape index (κ1) is 15.2. The van der Waals surface area contributed by atoms with E-state index >= 15 is 0 Å². The summed E-state index contributed by atoms with van der Waals surface area (Å²) in [4.78, 5) is 6.41. The number of rotatable bonds is 2. The Bertz CT molecular complexity index is 394. The first-order valence-corrected chi connectivity index (χ1v) is 5.73. The van der Waals surface area contributed by atoms with Crippen LogP contribution in [0.15, 0.2) is 9.52 Å². The number of guanidine groups is 1. The number of nitrogens with zero attached hydrogens (tertiary/aromatic N) is 3.